The van der Waals surface area contributed by atoms with Crippen molar-refractivity contribution in [2.45, 2.75) is 26.7 Å². The van der Waals surface area contributed by atoms with Crippen molar-refractivity contribution in [3.63, 3.8) is 0 Å². The van der Waals surface area contributed by atoms with Gasteiger partial charge in [-0.25, -0.2) is 10.1 Å². The highest BCUT2D eigenvalue weighted by Gasteiger charge is 2.17. The van der Waals surface area contributed by atoms with Gasteiger partial charge in [-0.15, -0.1) is 11.3 Å². The molecule has 1 amide bonds. The summed E-state index contributed by atoms with van der Waals surface area (Å²) in [7, 11) is 0. The SMILES string of the molecule is CCCc1[nH]n(-c2ccccc2)c(=O)c1C(C)=NNC(=O)c1cccs1. The number of rotatable bonds is 6. The molecule has 0 radical (unpaired) electrons. The number of hydrogen-bond acceptors (Lipinski definition) is 4. The monoisotopic (exact) mass is 368 g/mol. The van der Waals surface area contributed by atoms with E-state index in [4.69, 9.17) is 0 Å². The molecule has 0 aliphatic heterocycles. The lowest BCUT2D eigenvalue weighted by Gasteiger charge is -2.01. The summed E-state index contributed by atoms with van der Waals surface area (Å²) in [6.45, 7) is 3.78. The number of para-hydroxylation sites is 1. The summed E-state index contributed by atoms with van der Waals surface area (Å²) in [6.07, 6.45) is 1.60. The first-order valence-electron chi connectivity index (χ1n) is 8.39. The van der Waals surface area contributed by atoms with Crippen molar-refractivity contribution in [3.05, 3.63) is 74.3 Å². The third-order valence-electron chi connectivity index (χ3n) is 3.91. The molecule has 2 heterocycles. The number of nitrogens with zero attached hydrogens (tertiary/aromatic N) is 2. The molecule has 26 heavy (non-hydrogen) atoms. The Morgan fingerprint density at radius 2 is 2.00 bits per heavy atom. The molecule has 6 nitrogen and oxygen atoms in total. The normalized spacial score (nSPS) is 11.5. The Labute approximate surface area is 155 Å². The molecule has 134 valence electrons. The number of hydrazone groups is 1. The van der Waals surface area contributed by atoms with Crippen LogP contribution in [0.3, 0.4) is 0 Å². The number of hydrogen-bond donors (Lipinski definition) is 2. The van der Waals surface area contributed by atoms with Crippen LogP contribution in [0.5, 0.6) is 0 Å². The second-order valence-electron chi connectivity index (χ2n) is 5.81. The van der Waals surface area contributed by atoms with Crippen LogP contribution in [0.1, 0.15) is 41.2 Å². The van der Waals surface area contributed by atoms with Gasteiger partial charge in [-0.2, -0.15) is 5.10 Å². The minimum absolute atomic E-state index is 0.175. The minimum Gasteiger partial charge on any atom is -0.294 e. The summed E-state index contributed by atoms with van der Waals surface area (Å²) in [5.74, 6) is -0.282. The molecule has 0 unspecified atom stereocenters. The number of thiophene rings is 1. The van der Waals surface area contributed by atoms with E-state index in [2.05, 4.69) is 15.6 Å². The smallest absolute Gasteiger partial charge is 0.281 e. The van der Waals surface area contributed by atoms with E-state index in [0.29, 0.717) is 16.2 Å². The molecule has 0 fully saturated rings. The molecule has 0 saturated heterocycles. The molecule has 0 atom stereocenters. The number of nitrogens with one attached hydrogen (secondary N) is 2. The summed E-state index contributed by atoms with van der Waals surface area (Å²) < 4.78 is 1.51. The van der Waals surface area contributed by atoms with E-state index < -0.39 is 0 Å². The molecule has 2 N–H and O–H groups in total. The van der Waals surface area contributed by atoms with E-state index in [1.165, 1.54) is 16.0 Å². The predicted molar refractivity (Wildman–Crippen MR) is 104 cm³/mol. The second-order valence-corrected chi connectivity index (χ2v) is 6.75. The lowest BCUT2D eigenvalue weighted by atomic mass is 10.1. The number of H-pyrrole nitrogens is 1. The van der Waals surface area contributed by atoms with Gasteiger partial charge in [0.05, 0.1) is 21.8 Å². The van der Waals surface area contributed by atoms with Gasteiger partial charge in [0.25, 0.3) is 11.5 Å². The van der Waals surface area contributed by atoms with Gasteiger partial charge in [0.15, 0.2) is 0 Å². The van der Waals surface area contributed by atoms with Crippen LogP contribution in [-0.4, -0.2) is 21.4 Å². The van der Waals surface area contributed by atoms with Crippen LogP contribution in [0.2, 0.25) is 0 Å². The van der Waals surface area contributed by atoms with E-state index in [1.54, 1.807) is 19.1 Å². The van der Waals surface area contributed by atoms with Gasteiger partial charge in [-0.1, -0.05) is 37.6 Å². The molecule has 0 aliphatic carbocycles. The van der Waals surface area contributed by atoms with Crippen molar-refractivity contribution in [1.29, 1.82) is 0 Å². The Balaban J connectivity index is 1.95. The first-order chi connectivity index (χ1) is 12.6. The van der Waals surface area contributed by atoms with Crippen LogP contribution < -0.4 is 11.0 Å². The van der Waals surface area contributed by atoms with Crippen LogP contribution in [-0.2, 0) is 6.42 Å². The highest BCUT2D eigenvalue weighted by Crippen LogP contribution is 2.11. The Bertz CT molecular complexity index is 969. The van der Waals surface area contributed by atoms with E-state index in [9.17, 15) is 9.59 Å². The third-order valence-corrected chi connectivity index (χ3v) is 4.78. The number of aromatic nitrogens is 2. The van der Waals surface area contributed by atoms with Crippen LogP contribution in [0.15, 0.2) is 57.7 Å². The largest absolute Gasteiger partial charge is 0.294 e. The Morgan fingerprint density at radius 1 is 1.23 bits per heavy atom. The number of aryl methyl sites for hydroxylation is 1. The Kier molecular flexibility index (Phi) is 5.48. The first kappa shape index (κ1) is 17.9. The number of carbonyl (C=O) groups excluding carboxylic acids is 1. The fraction of sp³-hybridized carbons (Fsp3) is 0.211. The zero-order valence-electron chi connectivity index (χ0n) is 14.7. The van der Waals surface area contributed by atoms with Crippen molar-refractivity contribution in [2.24, 2.45) is 5.10 Å². The van der Waals surface area contributed by atoms with Gasteiger partial charge in [0.1, 0.15) is 0 Å². The van der Waals surface area contributed by atoms with Gasteiger partial charge in [0.2, 0.25) is 0 Å². The molecule has 2 aromatic heterocycles. The third kappa shape index (κ3) is 3.67. The molecule has 0 aliphatic rings. The van der Waals surface area contributed by atoms with Crippen molar-refractivity contribution >= 4 is 23.0 Å². The standard InChI is InChI=1S/C19H20N4O2S/c1-3-8-15-17(13(2)20-21-18(24)16-11-7-12-26-16)19(25)23(22-15)14-9-5-4-6-10-14/h4-7,9-12,22H,3,8H2,1-2H3,(H,21,24). The highest BCUT2D eigenvalue weighted by molar-refractivity contribution is 7.12. The van der Waals surface area contributed by atoms with Gasteiger partial charge in [-0.05, 0) is 36.9 Å². The summed E-state index contributed by atoms with van der Waals surface area (Å²) in [6, 6.07) is 12.9. The number of benzene rings is 1. The Hall–Kier alpha value is -2.93. The van der Waals surface area contributed by atoms with E-state index in [1.807, 2.05) is 42.6 Å². The average Bonchev–Trinajstić information content (AvgIpc) is 3.29. The molecule has 0 saturated carbocycles. The van der Waals surface area contributed by atoms with Crippen molar-refractivity contribution in [1.82, 2.24) is 15.2 Å². The highest BCUT2D eigenvalue weighted by atomic mass is 32.1. The number of amides is 1. The van der Waals surface area contributed by atoms with Crippen LogP contribution in [0.4, 0.5) is 0 Å². The van der Waals surface area contributed by atoms with Gasteiger partial charge in [-0.3, -0.25) is 14.7 Å². The Morgan fingerprint density at radius 3 is 2.65 bits per heavy atom. The molecule has 0 bridgehead atoms. The molecule has 0 spiro atoms. The van der Waals surface area contributed by atoms with E-state index in [0.717, 1.165) is 24.2 Å². The van der Waals surface area contributed by atoms with Gasteiger partial charge in [0, 0.05) is 5.69 Å². The topological polar surface area (TPSA) is 79.2 Å². The lowest BCUT2D eigenvalue weighted by Crippen LogP contribution is -2.23. The number of aromatic amines is 1. The van der Waals surface area contributed by atoms with Crippen molar-refractivity contribution in [3.8, 4) is 5.69 Å². The first-order valence-corrected chi connectivity index (χ1v) is 9.27. The molecular formula is C19H20N4O2S. The fourth-order valence-electron chi connectivity index (χ4n) is 2.70. The zero-order chi connectivity index (χ0) is 18.5. The quantitative estimate of drug-likeness (QED) is 0.517. The predicted octanol–water partition coefficient (Wildman–Crippen LogP) is 3.33. The van der Waals surface area contributed by atoms with Crippen molar-refractivity contribution in [2.75, 3.05) is 0 Å². The molecule has 1 aromatic carbocycles. The van der Waals surface area contributed by atoms with Crippen molar-refractivity contribution < 1.29 is 4.79 Å². The summed E-state index contributed by atoms with van der Waals surface area (Å²) in [5, 5.41) is 9.16. The molecule has 3 rings (SSSR count). The van der Waals surface area contributed by atoms with Crippen LogP contribution >= 0.6 is 11.3 Å². The molecule has 3 aromatic rings. The van der Waals surface area contributed by atoms with E-state index in [-0.39, 0.29) is 11.5 Å². The lowest BCUT2D eigenvalue weighted by molar-refractivity contribution is 0.0959. The maximum Gasteiger partial charge on any atom is 0.281 e. The zero-order valence-corrected chi connectivity index (χ0v) is 15.5. The van der Waals surface area contributed by atoms with Crippen LogP contribution in [0.25, 0.3) is 5.69 Å². The second kappa shape index (κ2) is 7.97. The summed E-state index contributed by atoms with van der Waals surface area (Å²) >= 11 is 1.34. The minimum atomic E-state index is -0.282. The maximum absolute atomic E-state index is 12.9. The van der Waals surface area contributed by atoms with Gasteiger partial charge >= 0.3 is 0 Å². The molecular weight excluding hydrogens is 348 g/mol. The van der Waals surface area contributed by atoms with E-state index >= 15 is 0 Å². The van der Waals surface area contributed by atoms with Gasteiger partial charge < -0.3 is 0 Å². The summed E-state index contributed by atoms with van der Waals surface area (Å²) in [5.41, 5.74) is 4.91. The summed E-state index contributed by atoms with van der Waals surface area (Å²) in [4.78, 5) is 25.6. The van der Waals surface area contributed by atoms with Crippen LogP contribution in [0, 0.1) is 0 Å². The number of carbonyl (C=O) groups is 1. The maximum atomic E-state index is 12.9. The molecule has 7 heteroatoms. The fourth-order valence-corrected chi connectivity index (χ4v) is 3.31. The average molecular weight is 368 g/mol.